The molecule has 2 aromatic heterocycles. The van der Waals surface area contributed by atoms with Crippen LogP contribution in [0.4, 0.5) is 5.13 Å². The zero-order valence-corrected chi connectivity index (χ0v) is 22.1. The molecular weight excluding hydrogens is 508 g/mol. The highest BCUT2D eigenvalue weighted by Crippen LogP contribution is 2.30. The molecule has 2 heterocycles. The number of hydrogen-bond donors (Lipinski definition) is 2. The Kier molecular flexibility index (Phi) is 8.70. The van der Waals surface area contributed by atoms with Gasteiger partial charge in [-0.15, -0.1) is 28.1 Å². The zero-order valence-electron chi connectivity index (χ0n) is 20.4. The maximum Gasteiger partial charge on any atom is 0.251 e. The van der Waals surface area contributed by atoms with Crippen LogP contribution in [0.15, 0.2) is 72.4 Å². The molecule has 0 saturated carbocycles. The number of amides is 2. The molecule has 0 radical (unpaired) electrons. The van der Waals surface area contributed by atoms with Crippen LogP contribution in [0.2, 0.25) is 0 Å². The van der Waals surface area contributed by atoms with Crippen molar-refractivity contribution >= 4 is 40.0 Å². The Morgan fingerprint density at radius 3 is 2.59 bits per heavy atom. The lowest BCUT2D eigenvalue weighted by molar-refractivity contribution is -0.113. The summed E-state index contributed by atoms with van der Waals surface area (Å²) in [7, 11) is 1.57. The second-order valence-electron chi connectivity index (χ2n) is 7.84. The molecule has 0 unspecified atom stereocenters. The molecule has 0 fully saturated rings. The van der Waals surface area contributed by atoms with Gasteiger partial charge in [-0.3, -0.25) is 9.59 Å². The molecule has 37 heavy (non-hydrogen) atoms. The topological polar surface area (TPSA) is 111 Å². The van der Waals surface area contributed by atoms with Gasteiger partial charge in [0.25, 0.3) is 5.91 Å². The van der Waals surface area contributed by atoms with Crippen molar-refractivity contribution in [3.63, 3.8) is 0 Å². The quantitative estimate of drug-likeness (QED) is 0.214. The number of carbonyl (C=O) groups is 2. The zero-order chi connectivity index (χ0) is 26.2. The lowest BCUT2D eigenvalue weighted by atomic mass is 10.1. The highest BCUT2D eigenvalue weighted by molar-refractivity contribution is 7.99. The minimum absolute atomic E-state index is 0.132. The summed E-state index contributed by atoms with van der Waals surface area (Å²) in [5.41, 5.74) is 2.38. The number of aromatic nitrogens is 4. The molecule has 2 N–H and O–H groups in total. The summed E-state index contributed by atoms with van der Waals surface area (Å²) in [5, 5.41) is 15.3. The largest absolute Gasteiger partial charge is 0.497 e. The van der Waals surface area contributed by atoms with E-state index in [1.165, 1.54) is 23.1 Å². The van der Waals surface area contributed by atoms with Gasteiger partial charge < -0.3 is 19.9 Å². The molecule has 0 aliphatic rings. The number of benzene rings is 2. The van der Waals surface area contributed by atoms with E-state index in [0.717, 1.165) is 16.1 Å². The monoisotopic (exact) mass is 534 g/mol. The van der Waals surface area contributed by atoms with E-state index in [9.17, 15) is 9.59 Å². The van der Waals surface area contributed by atoms with E-state index in [-0.39, 0.29) is 24.1 Å². The summed E-state index contributed by atoms with van der Waals surface area (Å²) < 4.78 is 6.94. The Hall–Kier alpha value is -3.96. The molecule has 0 atom stereocenters. The minimum atomic E-state index is -0.238. The van der Waals surface area contributed by atoms with Crippen LogP contribution in [0.3, 0.4) is 0 Å². The van der Waals surface area contributed by atoms with Crippen LogP contribution in [0.5, 0.6) is 5.75 Å². The van der Waals surface area contributed by atoms with Crippen LogP contribution >= 0.6 is 23.1 Å². The molecule has 4 aromatic rings. The lowest BCUT2D eigenvalue weighted by Gasteiger charge is -2.09. The average Bonchev–Trinajstić information content (AvgIpc) is 3.48. The molecular formula is C26H26N6O3S2. The summed E-state index contributed by atoms with van der Waals surface area (Å²) in [5.74, 6) is 0.938. The van der Waals surface area contributed by atoms with E-state index in [4.69, 9.17) is 4.74 Å². The van der Waals surface area contributed by atoms with Crippen molar-refractivity contribution in [1.29, 1.82) is 0 Å². The van der Waals surface area contributed by atoms with Crippen molar-refractivity contribution in [1.82, 2.24) is 25.1 Å². The number of rotatable bonds is 11. The van der Waals surface area contributed by atoms with Crippen molar-refractivity contribution in [2.24, 2.45) is 0 Å². The van der Waals surface area contributed by atoms with Gasteiger partial charge in [-0.25, -0.2) is 4.98 Å². The molecule has 4 rings (SSSR count). The van der Waals surface area contributed by atoms with Gasteiger partial charge in [0.1, 0.15) is 5.75 Å². The van der Waals surface area contributed by atoms with Crippen molar-refractivity contribution in [3.8, 4) is 17.0 Å². The van der Waals surface area contributed by atoms with Crippen molar-refractivity contribution < 1.29 is 14.3 Å². The summed E-state index contributed by atoms with van der Waals surface area (Å²) >= 11 is 2.70. The van der Waals surface area contributed by atoms with Gasteiger partial charge in [-0.2, -0.15) is 0 Å². The van der Waals surface area contributed by atoms with Gasteiger partial charge in [0.15, 0.2) is 16.1 Å². The van der Waals surface area contributed by atoms with Crippen molar-refractivity contribution in [2.75, 3.05) is 18.2 Å². The number of methoxy groups -OCH3 is 1. The van der Waals surface area contributed by atoms with Crippen LogP contribution in [-0.2, 0) is 17.9 Å². The van der Waals surface area contributed by atoms with E-state index in [1.54, 1.807) is 37.5 Å². The van der Waals surface area contributed by atoms with Gasteiger partial charge in [0, 0.05) is 22.5 Å². The Morgan fingerprint density at radius 1 is 1.14 bits per heavy atom. The third-order valence-corrected chi connectivity index (χ3v) is 7.14. The maximum atomic E-state index is 12.6. The highest BCUT2D eigenvalue weighted by atomic mass is 32.2. The van der Waals surface area contributed by atoms with Gasteiger partial charge in [0.2, 0.25) is 5.91 Å². The van der Waals surface area contributed by atoms with Crippen molar-refractivity contribution in [2.45, 2.75) is 25.2 Å². The SMILES string of the molecule is C=CCn1c(CNC(=O)c2ccc(OC)cc2)nnc1SCC(=O)Nc1nc(-c2ccccc2)c(C)s1. The van der Waals surface area contributed by atoms with E-state index < -0.39 is 0 Å². The van der Waals surface area contributed by atoms with Gasteiger partial charge >= 0.3 is 0 Å². The van der Waals surface area contributed by atoms with E-state index in [2.05, 4.69) is 32.4 Å². The number of thiazole rings is 1. The fraction of sp³-hybridized carbons (Fsp3) is 0.192. The van der Waals surface area contributed by atoms with E-state index in [1.807, 2.05) is 41.8 Å². The highest BCUT2D eigenvalue weighted by Gasteiger charge is 2.16. The van der Waals surface area contributed by atoms with Crippen LogP contribution in [0.1, 0.15) is 21.1 Å². The number of aryl methyl sites for hydroxylation is 1. The first-order chi connectivity index (χ1) is 18.0. The first kappa shape index (κ1) is 26.1. The van der Waals surface area contributed by atoms with E-state index >= 15 is 0 Å². The predicted octanol–water partition coefficient (Wildman–Crippen LogP) is 4.57. The molecule has 0 bridgehead atoms. The van der Waals surface area contributed by atoms with Crippen LogP contribution in [-0.4, -0.2) is 44.4 Å². The predicted molar refractivity (Wildman–Crippen MR) is 146 cm³/mol. The molecule has 0 saturated heterocycles. The van der Waals surface area contributed by atoms with Crippen LogP contribution in [0, 0.1) is 6.92 Å². The first-order valence-corrected chi connectivity index (χ1v) is 13.2. The maximum absolute atomic E-state index is 12.6. The molecule has 190 valence electrons. The molecule has 9 nitrogen and oxygen atoms in total. The average molecular weight is 535 g/mol. The number of thioether (sulfide) groups is 1. The molecule has 11 heteroatoms. The third-order valence-electron chi connectivity index (χ3n) is 5.29. The van der Waals surface area contributed by atoms with E-state index in [0.29, 0.717) is 34.0 Å². The molecule has 0 aliphatic carbocycles. The second kappa shape index (κ2) is 12.3. The summed E-state index contributed by atoms with van der Waals surface area (Å²) in [6, 6.07) is 16.7. The fourth-order valence-corrected chi connectivity index (χ4v) is 5.09. The van der Waals surface area contributed by atoms with Crippen LogP contribution in [0.25, 0.3) is 11.3 Å². The normalized spacial score (nSPS) is 10.6. The Balaban J connectivity index is 1.35. The van der Waals surface area contributed by atoms with Gasteiger partial charge in [-0.1, -0.05) is 48.2 Å². The first-order valence-electron chi connectivity index (χ1n) is 11.4. The van der Waals surface area contributed by atoms with Crippen LogP contribution < -0.4 is 15.4 Å². The van der Waals surface area contributed by atoms with Crippen molar-refractivity contribution in [3.05, 3.63) is 83.5 Å². The molecule has 2 aromatic carbocycles. The number of hydrogen-bond acceptors (Lipinski definition) is 8. The molecule has 2 amide bonds. The van der Waals surface area contributed by atoms with Gasteiger partial charge in [0.05, 0.1) is 25.1 Å². The molecule has 0 aliphatic heterocycles. The number of nitrogens with zero attached hydrogens (tertiary/aromatic N) is 4. The summed E-state index contributed by atoms with van der Waals surface area (Å²) in [6.45, 7) is 6.40. The fourth-order valence-electron chi connectivity index (χ4n) is 3.47. The lowest BCUT2D eigenvalue weighted by Crippen LogP contribution is -2.24. The second-order valence-corrected chi connectivity index (χ2v) is 9.98. The molecule has 0 spiro atoms. The standard InChI is InChI=1S/C26H26N6O3S2/c1-4-14-32-21(15-27-24(34)19-10-12-20(35-3)13-11-19)30-31-26(32)36-16-22(33)28-25-29-23(17(2)37-25)18-8-6-5-7-9-18/h4-13H,1,14-16H2,2-3H3,(H,27,34)(H,28,29,33). The number of nitrogens with one attached hydrogen (secondary N) is 2. The van der Waals surface area contributed by atoms with Gasteiger partial charge in [-0.05, 0) is 31.2 Å². The number of ether oxygens (including phenoxy) is 1. The number of anilines is 1. The number of allylic oxidation sites excluding steroid dienone is 1. The minimum Gasteiger partial charge on any atom is -0.497 e. The third kappa shape index (κ3) is 6.63. The Morgan fingerprint density at radius 2 is 1.89 bits per heavy atom. The Bertz CT molecular complexity index is 1380. The summed E-state index contributed by atoms with van der Waals surface area (Å²) in [4.78, 5) is 30.7. The smallest absolute Gasteiger partial charge is 0.251 e. The number of carbonyl (C=O) groups excluding carboxylic acids is 2. The summed E-state index contributed by atoms with van der Waals surface area (Å²) in [6.07, 6.45) is 1.71. The Labute approximate surface area is 223 Å².